The Kier molecular flexibility index (Phi) is 4.13. The van der Waals surface area contributed by atoms with Gasteiger partial charge in [-0.2, -0.15) is 0 Å². The Morgan fingerprint density at radius 1 is 1.67 bits per heavy atom. The Bertz CT molecular complexity index is 435. The van der Waals surface area contributed by atoms with Gasteiger partial charge in [0, 0.05) is 23.5 Å². The van der Waals surface area contributed by atoms with E-state index in [4.69, 9.17) is 10.8 Å². The Balaban J connectivity index is 2.93. The van der Waals surface area contributed by atoms with Gasteiger partial charge in [-0.3, -0.25) is 0 Å². The highest BCUT2D eigenvalue weighted by molar-refractivity contribution is 9.09. The number of rotatable bonds is 2. The van der Waals surface area contributed by atoms with Gasteiger partial charge in [-0.05, 0) is 6.07 Å². The molecule has 0 bridgehead atoms. The van der Waals surface area contributed by atoms with Crippen LogP contribution < -0.4 is 5.73 Å². The molecule has 1 aromatic rings. The third-order valence-electron chi connectivity index (χ3n) is 1.57. The molecule has 1 rings (SSSR count). The number of carboxylic acid groups (broad SMARTS) is 1. The van der Waals surface area contributed by atoms with E-state index >= 15 is 0 Å². The number of hydrogen-bond donors (Lipinski definition) is 2. The number of carboxylic acids is 1. The maximum absolute atomic E-state index is 10.6. The molecule has 15 heavy (non-hydrogen) atoms. The number of halogens is 1. The summed E-state index contributed by atoms with van der Waals surface area (Å²) in [5.74, 6) is 4.59. The first-order chi connectivity index (χ1) is 7.15. The van der Waals surface area contributed by atoms with Crippen molar-refractivity contribution >= 4 is 27.6 Å². The first-order valence-electron chi connectivity index (χ1n) is 4.19. The number of aromatic carboxylic acids is 1. The lowest BCUT2D eigenvalue weighted by atomic mass is 10.2. The van der Waals surface area contributed by atoms with Crippen molar-refractivity contribution in [3.8, 4) is 11.8 Å². The maximum Gasteiger partial charge on any atom is 0.356 e. The SMILES string of the molecule is Nc1cc(C#CCCBr)cnc1C(=O)O. The highest BCUT2D eigenvalue weighted by atomic mass is 79.9. The summed E-state index contributed by atoms with van der Waals surface area (Å²) in [5, 5.41) is 9.49. The summed E-state index contributed by atoms with van der Waals surface area (Å²) >= 11 is 3.25. The summed E-state index contributed by atoms with van der Waals surface area (Å²) in [4.78, 5) is 14.3. The maximum atomic E-state index is 10.6. The minimum Gasteiger partial charge on any atom is -0.476 e. The third-order valence-corrected chi connectivity index (χ3v) is 1.97. The number of nitrogen functional groups attached to an aromatic ring is 1. The van der Waals surface area contributed by atoms with Crippen LogP contribution in [0, 0.1) is 11.8 Å². The summed E-state index contributed by atoms with van der Waals surface area (Å²) in [5.41, 5.74) is 6.12. The van der Waals surface area contributed by atoms with Crippen molar-refractivity contribution in [2.45, 2.75) is 6.42 Å². The molecular formula is C10H9BrN2O2. The monoisotopic (exact) mass is 268 g/mol. The molecule has 5 heteroatoms. The van der Waals surface area contributed by atoms with Crippen LogP contribution in [0.2, 0.25) is 0 Å². The Labute approximate surface area is 95.6 Å². The smallest absolute Gasteiger partial charge is 0.356 e. The number of alkyl halides is 1. The third kappa shape index (κ3) is 3.26. The number of anilines is 1. The van der Waals surface area contributed by atoms with E-state index in [-0.39, 0.29) is 11.4 Å². The normalized spacial score (nSPS) is 9.13. The zero-order valence-electron chi connectivity index (χ0n) is 7.83. The van der Waals surface area contributed by atoms with E-state index < -0.39 is 5.97 Å². The largest absolute Gasteiger partial charge is 0.476 e. The molecule has 0 fully saturated rings. The lowest BCUT2D eigenvalue weighted by molar-refractivity contribution is 0.0692. The van der Waals surface area contributed by atoms with Gasteiger partial charge < -0.3 is 10.8 Å². The van der Waals surface area contributed by atoms with Crippen molar-refractivity contribution in [3.63, 3.8) is 0 Å². The second-order valence-corrected chi connectivity index (χ2v) is 3.50. The number of aromatic nitrogens is 1. The van der Waals surface area contributed by atoms with Gasteiger partial charge in [0.05, 0.1) is 5.69 Å². The van der Waals surface area contributed by atoms with Crippen LogP contribution in [0.15, 0.2) is 12.3 Å². The average molecular weight is 269 g/mol. The molecule has 3 N–H and O–H groups in total. The summed E-state index contributed by atoms with van der Waals surface area (Å²) in [6.07, 6.45) is 2.13. The summed E-state index contributed by atoms with van der Waals surface area (Å²) < 4.78 is 0. The number of nitrogens with two attached hydrogens (primary N) is 1. The molecule has 0 amide bonds. The molecule has 0 atom stereocenters. The second kappa shape index (κ2) is 5.37. The second-order valence-electron chi connectivity index (χ2n) is 2.71. The molecule has 0 aliphatic rings. The zero-order valence-corrected chi connectivity index (χ0v) is 9.41. The van der Waals surface area contributed by atoms with Gasteiger partial charge in [-0.25, -0.2) is 9.78 Å². The van der Waals surface area contributed by atoms with Gasteiger partial charge in [0.2, 0.25) is 0 Å². The molecule has 0 saturated heterocycles. The molecule has 1 heterocycles. The minimum atomic E-state index is -1.13. The summed E-state index contributed by atoms with van der Waals surface area (Å²) in [6, 6.07) is 1.51. The van der Waals surface area contributed by atoms with E-state index in [1.54, 1.807) is 0 Å². The van der Waals surface area contributed by atoms with Gasteiger partial charge in [-0.1, -0.05) is 27.8 Å². The fourth-order valence-electron chi connectivity index (χ4n) is 0.941. The van der Waals surface area contributed by atoms with E-state index in [0.29, 0.717) is 5.56 Å². The van der Waals surface area contributed by atoms with Crippen molar-refractivity contribution in [2.75, 3.05) is 11.1 Å². The van der Waals surface area contributed by atoms with E-state index in [1.807, 2.05) is 0 Å². The summed E-state index contributed by atoms with van der Waals surface area (Å²) in [7, 11) is 0. The molecule has 78 valence electrons. The predicted molar refractivity (Wildman–Crippen MR) is 60.9 cm³/mol. The lowest BCUT2D eigenvalue weighted by Gasteiger charge is -1.98. The average Bonchev–Trinajstić information content (AvgIpc) is 2.17. The van der Waals surface area contributed by atoms with Crippen molar-refractivity contribution in [1.29, 1.82) is 0 Å². The van der Waals surface area contributed by atoms with Crippen LogP contribution in [0.5, 0.6) is 0 Å². The fourth-order valence-corrected chi connectivity index (χ4v) is 1.14. The molecule has 4 nitrogen and oxygen atoms in total. The van der Waals surface area contributed by atoms with Crippen LogP contribution in [0.1, 0.15) is 22.5 Å². The van der Waals surface area contributed by atoms with Gasteiger partial charge in [0.25, 0.3) is 0 Å². The molecule has 0 unspecified atom stereocenters. The minimum absolute atomic E-state index is 0.133. The number of hydrogen-bond acceptors (Lipinski definition) is 3. The zero-order chi connectivity index (χ0) is 11.3. The van der Waals surface area contributed by atoms with Crippen LogP contribution in [0.3, 0.4) is 0 Å². The summed E-state index contributed by atoms with van der Waals surface area (Å²) in [6.45, 7) is 0. The van der Waals surface area contributed by atoms with Crippen LogP contribution in [-0.4, -0.2) is 21.4 Å². The van der Waals surface area contributed by atoms with E-state index in [2.05, 4.69) is 32.8 Å². The van der Waals surface area contributed by atoms with Crippen molar-refractivity contribution in [1.82, 2.24) is 4.98 Å². The molecule has 0 radical (unpaired) electrons. The van der Waals surface area contributed by atoms with Gasteiger partial charge >= 0.3 is 5.97 Å². The van der Waals surface area contributed by atoms with Gasteiger partial charge in [-0.15, -0.1) is 0 Å². The van der Waals surface area contributed by atoms with Crippen molar-refractivity contribution in [3.05, 3.63) is 23.5 Å². The molecule has 1 aromatic heterocycles. The molecule has 0 aliphatic heterocycles. The first kappa shape index (κ1) is 11.5. The van der Waals surface area contributed by atoms with Crippen molar-refractivity contribution < 1.29 is 9.90 Å². The van der Waals surface area contributed by atoms with Crippen LogP contribution in [0.25, 0.3) is 0 Å². The molecule has 0 spiro atoms. The number of carbonyl (C=O) groups is 1. The van der Waals surface area contributed by atoms with Crippen LogP contribution >= 0.6 is 15.9 Å². The quantitative estimate of drug-likeness (QED) is 0.630. The van der Waals surface area contributed by atoms with E-state index in [9.17, 15) is 4.79 Å². The van der Waals surface area contributed by atoms with E-state index in [1.165, 1.54) is 12.3 Å². The van der Waals surface area contributed by atoms with E-state index in [0.717, 1.165) is 11.8 Å². The predicted octanol–water partition coefficient (Wildman–Crippen LogP) is 1.50. The van der Waals surface area contributed by atoms with Crippen LogP contribution in [-0.2, 0) is 0 Å². The van der Waals surface area contributed by atoms with Gasteiger partial charge in [0.15, 0.2) is 5.69 Å². The Morgan fingerprint density at radius 2 is 2.40 bits per heavy atom. The molecule has 0 aliphatic carbocycles. The Morgan fingerprint density at radius 3 is 2.93 bits per heavy atom. The van der Waals surface area contributed by atoms with Crippen molar-refractivity contribution in [2.24, 2.45) is 0 Å². The lowest BCUT2D eigenvalue weighted by Crippen LogP contribution is -2.05. The standard InChI is InChI=1S/C10H9BrN2O2/c11-4-2-1-3-7-5-8(12)9(10(14)15)13-6-7/h5-6H,2,4,12H2,(H,14,15). The van der Waals surface area contributed by atoms with Gasteiger partial charge in [0.1, 0.15) is 0 Å². The highest BCUT2D eigenvalue weighted by Crippen LogP contribution is 2.10. The van der Waals surface area contributed by atoms with Crippen LogP contribution in [0.4, 0.5) is 5.69 Å². The Hall–Kier alpha value is -1.54. The fraction of sp³-hybridized carbons (Fsp3) is 0.200. The molecular weight excluding hydrogens is 260 g/mol. The number of pyridine rings is 1. The first-order valence-corrected chi connectivity index (χ1v) is 5.31. The highest BCUT2D eigenvalue weighted by Gasteiger charge is 2.08. The molecule has 0 saturated carbocycles. The molecule has 0 aromatic carbocycles. The number of nitrogens with zero attached hydrogens (tertiary/aromatic N) is 1. The topological polar surface area (TPSA) is 76.2 Å².